The van der Waals surface area contributed by atoms with Crippen LogP contribution in [0.15, 0.2) is 78.9 Å². The average Bonchev–Trinajstić information content (AvgIpc) is 3.43. The predicted molar refractivity (Wildman–Crippen MR) is 145 cm³/mol. The van der Waals surface area contributed by atoms with Gasteiger partial charge in [0.1, 0.15) is 12.1 Å². The first-order chi connectivity index (χ1) is 19.7. The standard InChI is InChI=1S/C30H27F2N5O4/c1-36(18-26(38)37-17-21(14-23(37)16-33)29(40)34-22-10-6-3-7-11-22)30(41)27(19-8-4-2-5-9-19)35-28(39)20-12-13-24(31)25(32)15-20/h2-13,15,21,23,27H,14,17-18H2,1H3,(H,34,40)(H,35,39). The maximum absolute atomic E-state index is 13.7. The van der Waals surface area contributed by atoms with Crippen molar-refractivity contribution >= 4 is 29.3 Å². The van der Waals surface area contributed by atoms with Crippen LogP contribution in [-0.4, -0.2) is 59.6 Å². The molecular formula is C30H27F2N5O4. The zero-order valence-corrected chi connectivity index (χ0v) is 22.1. The molecule has 1 saturated heterocycles. The van der Waals surface area contributed by atoms with Crippen LogP contribution in [0.4, 0.5) is 14.5 Å². The number of anilines is 1. The molecule has 0 saturated carbocycles. The Morgan fingerprint density at radius 3 is 2.29 bits per heavy atom. The van der Waals surface area contributed by atoms with Crippen LogP contribution < -0.4 is 10.6 Å². The number of hydrogen-bond acceptors (Lipinski definition) is 5. The highest BCUT2D eigenvalue weighted by atomic mass is 19.2. The topological polar surface area (TPSA) is 123 Å². The van der Waals surface area contributed by atoms with Gasteiger partial charge in [0.25, 0.3) is 5.91 Å². The van der Waals surface area contributed by atoms with Gasteiger partial charge in [-0.1, -0.05) is 48.5 Å². The third-order valence-corrected chi connectivity index (χ3v) is 6.77. The molecule has 4 amide bonds. The Labute approximate surface area is 235 Å². The summed E-state index contributed by atoms with van der Waals surface area (Å²) in [6, 6.07) is 19.6. The molecule has 0 aromatic heterocycles. The predicted octanol–water partition coefficient (Wildman–Crippen LogP) is 3.27. The Bertz CT molecular complexity index is 1480. The van der Waals surface area contributed by atoms with Gasteiger partial charge in [-0.25, -0.2) is 8.78 Å². The van der Waals surface area contributed by atoms with Gasteiger partial charge in [-0.15, -0.1) is 0 Å². The number of amides is 4. The Kier molecular flexibility index (Phi) is 9.04. The lowest BCUT2D eigenvalue weighted by atomic mass is 10.0. The van der Waals surface area contributed by atoms with Gasteiger partial charge in [-0.2, -0.15) is 5.26 Å². The Hall–Kier alpha value is -5.11. The van der Waals surface area contributed by atoms with E-state index in [0.717, 1.165) is 23.1 Å². The second kappa shape index (κ2) is 12.8. The summed E-state index contributed by atoms with van der Waals surface area (Å²) < 4.78 is 27.1. The van der Waals surface area contributed by atoms with E-state index in [0.29, 0.717) is 11.3 Å². The van der Waals surface area contributed by atoms with E-state index in [-0.39, 0.29) is 24.4 Å². The smallest absolute Gasteiger partial charge is 0.252 e. The third-order valence-electron chi connectivity index (χ3n) is 6.77. The first kappa shape index (κ1) is 28.9. The number of likely N-dealkylation sites (N-methyl/N-ethyl adjacent to an activating group) is 1. The fourth-order valence-corrected chi connectivity index (χ4v) is 4.57. The van der Waals surface area contributed by atoms with Gasteiger partial charge in [0, 0.05) is 24.8 Å². The van der Waals surface area contributed by atoms with Crippen LogP contribution in [0.5, 0.6) is 0 Å². The van der Waals surface area contributed by atoms with Gasteiger partial charge >= 0.3 is 0 Å². The van der Waals surface area contributed by atoms with Crippen molar-refractivity contribution in [2.24, 2.45) is 5.92 Å². The summed E-state index contributed by atoms with van der Waals surface area (Å²) in [6.45, 7) is -0.416. The minimum Gasteiger partial charge on any atom is -0.336 e. The molecule has 4 rings (SSSR count). The minimum absolute atomic E-state index is 0.00668. The molecule has 210 valence electrons. The molecule has 1 fully saturated rings. The molecule has 2 N–H and O–H groups in total. The van der Waals surface area contributed by atoms with Crippen molar-refractivity contribution in [2.45, 2.75) is 18.5 Å². The van der Waals surface area contributed by atoms with Gasteiger partial charge in [0.15, 0.2) is 11.6 Å². The number of benzene rings is 3. The van der Waals surface area contributed by atoms with Gasteiger partial charge < -0.3 is 20.4 Å². The molecule has 9 nitrogen and oxygen atoms in total. The molecule has 1 aliphatic heterocycles. The van der Waals surface area contributed by atoms with Crippen molar-refractivity contribution in [3.05, 3.63) is 102 Å². The molecule has 0 radical (unpaired) electrons. The number of carbonyl (C=O) groups is 4. The second-order valence-electron chi connectivity index (χ2n) is 9.62. The lowest BCUT2D eigenvalue weighted by Gasteiger charge is -2.27. The molecular weight excluding hydrogens is 532 g/mol. The Balaban J connectivity index is 1.45. The lowest BCUT2D eigenvalue weighted by Crippen LogP contribution is -2.47. The molecule has 0 aliphatic carbocycles. The number of nitrogens with zero attached hydrogens (tertiary/aromatic N) is 3. The maximum Gasteiger partial charge on any atom is 0.252 e. The lowest BCUT2D eigenvalue weighted by molar-refractivity contribution is -0.140. The number of nitrogens with one attached hydrogen (secondary N) is 2. The van der Waals surface area contributed by atoms with Crippen molar-refractivity contribution in [3.63, 3.8) is 0 Å². The highest BCUT2D eigenvalue weighted by molar-refractivity contribution is 5.98. The largest absolute Gasteiger partial charge is 0.336 e. The van der Waals surface area contributed by atoms with Crippen molar-refractivity contribution in [1.29, 1.82) is 5.26 Å². The number of halogens is 2. The number of para-hydroxylation sites is 1. The fraction of sp³-hybridized carbons (Fsp3) is 0.233. The average molecular weight is 560 g/mol. The van der Waals surface area contributed by atoms with Crippen LogP contribution in [0.25, 0.3) is 0 Å². The zero-order chi connectivity index (χ0) is 29.5. The normalized spacial score (nSPS) is 16.8. The molecule has 1 heterocycles. The van der Waals surface area contributed by atoms with Crippen LogP contribution in [0.2, 0.25) is 0 Å². The van der Waals surface area contributed by atoms with Crippen molar-refractivity contribution in [3.8, 4) is 6.07 Å². The SMILES string of the molecule is CN(CC(=O)N1CC(C(=O)Nc2ccccc2)CC1C#N)C(=O)C(NC(=O)c1ccc(F)c(F)c1)c1ccccc1. The van der Waals surface area contributed by atoms with E-state index in [1.165, 1.54) is 11.9 Å². The quantitative estimate of drug-likeness (QED) is 0.439. The first-order valence-corrected chi connectivity index (χ1v) is 12.8. The highest BCUT2D eigenvalue weighted by Gasteiger charge is 2.39. The summed E-state index contributed by atoms with van der Waals surface area (Å²) in [5.74, 6) is -5.27. The Morgan fingerprint density at radius 2 is 1.66 bits per heavy atom. The summed E-state index contributed by atoms with van der Waals surface area (Å²) in [6.07, 6.45) is 0.148. The molecule has 3 aromatic rings. The van der Waals surface area contributed by atoms with E-state index in [9.17, 15) is 33.2 Å². The van der Waals surface area contributed by atoms with Gasteiger partial charge in [0.2, 0.25) is 17.7 Å². The summed E-state index contributed by atoms with van der Waals surface area (Å²) in [5, 5.41) is 15.0. The Morgan fingerprint density at radius 1 is 1.00 bits per heavy atom. The van der Waals surface area contributed by atoms with Crippen LogP contribution in [0, 0.1) is 28.9 Å². The molecule has 11 heteroatoms. The molecule has 1 aliphatic rings. The molecule has 0 spiro atoms. The van der Waals surface area contributed by atoms with Crippen molar-refractivity contribution in [2.75, 3.05) is 25.5 Å². The number of hydrogen-bond donors (Lipinski definition) is 2. The van der Waals surface area contributed by atoms with E-state index >= 15 is 0 Å². The molecule has 3 atom stereocenters. The zero-order valence-electron chi connectivity index (χ0n) is 22.1. The maximum atomic E-state index is 13.7. The summed E-state index contributed by atoms with van der Waals surface area (Å²) >= 11 is 0. The van der Waals surface area contributed by atoms with Crippen LogP contribution in [-0.2, 0) is 14.4 Å². The summed E-state index contributed by atoms with van der Waals surface area (Å²) in [7, 11) is 1.37. The number of rotatable bonds is 8. The van der Waals surface area contributed by atoms with E-state index in [1.54, 1.807) is 54.6 Å². The molecule has 0 bridgehead atoms. The molecule has 3 unspecified atom stereocenters. The van der Waals surface area contributed by atoms with Crippen molar-refractivity contribution in [1.82, 2.24) is 15.1 Å². The van der Waals surface area contributed by atoms with Gasteiger partial charge in [-0.05, 0) is 42.3 Å². The second-order valence-corrected chi connectivity index (χ2v) is 9.62. The van der Waals surface area contributed by atoms with E-state index in [1.807, 2.05) is 6.07 Å². The van der Waals surface area contributed by atoms with Crippen LogP contribution in [0.3, 0.4) is 0 Å². The van der Waals surface area contributed by atoms with Gasteiger partial charge in [0.05, 0.1) is 18.5 Å². The fourth-order valence-electron chi connectivity index (χ4n) is 4.57. The first-order valence-electron chi connectivity index (χ1n) is 12.8. The highest BCUT2D eigenvalue weighted by Crippen LogP contribution is 2.25. The minimum atomic E-state index is -1.25. The molecule has 41 heavy (non-hydrogen) atoms. The molecule has 3 aromatic carbocycles. The number of nitriles is 1. The third kappa shape index (κ3) is 6.91. The van der Waals surface area contributed by atoms with Crippen molar-refractivity contribution < 1.29 is 28.0 Å². The van der Waals surface area contributed by atoms with Crippen LogP contribution in [0.1, 0.15) is 28.4 Å². The summed E-state index contributed by atoms with van der Waals surface area (Å²) in [4.78, 5) is 54.7. The van der Waals surface area contributed by atoms with Crippen LogP contribution >= 0.6 is 0 Å². The summed E-state index contributed by atoms with van der Waals surface area (Å²) in [5.41, 5.74) is 0.810. The number of carbonyl (C=O) groups excluding carboxylic acids is 4. The van der Waals surface area contributed by atoms with E-state index in [2.05, 4.69) is 16.7 Å². The van der Waals surface area contributed by atoms with Gasteiger partial charge in [-0.3, -0.25) is 19.2 Å². The van der Waals surface area contributed by atoms with E-state index in [4.69, 9.17) is 0 Å². The number of likely N-dealkylation sites (tertiary alicyclic amines) is 1. The van der Waals surface area contributed by atoms with E-state index < -0.39 is 53.9 Å². The monoisotopic (exact) mass is 559 g/mol.